The van der Waals surface area contributed by atoms with Crippen LogP contribution >= 0.6 is 34.8 Å². The van der Waals surface area contributed by atoms with Crippen molar-refractivity contribution >= 4 is 64.2 Å². The third kappa shape index (κ3) is 5.63. The van der Waals surface area contributed by atoms with E-state index in [1.54, 1.807) is 6.92 Å². The normalized spacial score (nSPS) is 14.3. The number of hydrogen-bond donors (Lipinski definition) is 1. The fraction of sp³-hybridized carbons (Fsp3) is 0.269. The Labute approximate surface area is 233 Å². The molecule has 1 amide bonds. The number of nitrogens with zero attached hydrogens (tertiary/aromatic N) is 4. The number of pyridine rings is 1. The van der Waals surface area contributed by atoms with Gasteiger partial charge in [-0.2, -0.15) is 15.4 Å². The predicted octanol–water partition coefficient (Wildman–Crippen LogP) is 5.40. The van der Waals surface area contributed by atoms with Crippen LogP contribution in [-0.4, -0.2) is 33.9 Å². The third-order valence-corrected chi connectivity index (χ3v) is 6.44. The summed E-state index contributed by atoms with van der Waals surface area (Å²) in [6, 6.07) is 4.65. The summed E-state index contributed by atoms with van der Waals surface area (Å²) in [5.74, 6) is -1.87. The maximum atomic E-state index is 13.3. The molecule has 1 aromatic carbocycles. The lowest BCUT2D eigenvalue weighted by molar-refractivity contribution is -0.135. The van der Waals surface area contributed by atoms with Crippen LogP contribution in [0.5, 0.6) is 5.88 Å². The van der Waals surface area contributed by atoms with Gasteiger partial charge in [-0.1, -0.05) is 54.2 Å². The number of amides is 1. The molecule has 1 aliphatic heterocycles. The monoisotopic (exact) mass is 576 g/mol. The van der Waals surface area contributed by atoms with E-state index in [1.165, 1.54) is 37.3 Å². The fourth-order valence-electron chi connectivity index (χ4n) is 3.74. The molecule has 0 unspecified atom stereocenters. The van der Waals surface area contributed by atoms with Crippen molar-refractivity contribution in [2.45, 2.75) is 40.2 Å². The Balaban J connectivity index is 2.11. The lowest BCUT2D eigenvalue weighted by atomic mass is 10.0. The van der Waals surface area contributed by atoms with Gasteiger partial charge in [-0.25, -0.2) is 4.79 Å². The quantitative estimate of drug-likeness (QED) is 0.331. The first-order chi connectivity index (χ1) is 18.1. The number of unbranched alkanes of at least 4 members (excludes halogenated alkanes) is 1. The standard InChI is InChI=1S/C26H23Cl3N4O5/c1-4-6-10-32-23(34)16(14(3)18(13-30)24(32)35)8-7-9-17-21(26(37)38-5-2)31-33(25(17)36)22-19(28)11-15(27)12-20(22)29/h7-9,11-12,34H,4-6,10H2,1-3H3/b8-7?,17-9-. The number of aromatic nitrogens is 1. The minimum Gasteiger partial charge on any atom is -0.494 e. The minimum atomic E-state index is -0.844. The summed E-state index contributed by atoms with van der Waals surface area (Å²) < 4.78 is 6.19. The van der Waals surface area contributed by atoms with Crippen LogP contribution in [0.15, 0.2) is 39.8 Å². The van der Waals surface area contributed by atoms with Crippen LogP contribution in [0.2, 0.25) is 15.1 Å². The van der Waals surface area contributed by atoms with Crippen LogP contribution < -0.4 is 10.6 Å². The number of allylic oxidation sites excluding steroid dienone is 2. The van der Waals surface area contributed by atoms with E-state index < -0.39 is 17.4 Å². The molecule has 0 spiro atoms. The molecular weight excluding hydrogens is 555 g/mol. The van der Waals surface area contributed by atoms with Gasteiger partial charge in [-0.05, 0) is 50.1 Å². The van der Waals surface area contributed by atoms with Crippen molar-refractivity contribution < 1.29 is 19.4 Å². The average Bonchev–Trinajstić information content (AvgIpc) is 3.17. The second kappa shape index (κ2) is 12.3. The zero-order valence-corrected chi connectivity index (χ0v) is 23.0. The number of aromatic hydroxyl groups is 1. The van der Waals surface area contributed by atoms with E-state index in [9.17, 15) is 24.8 Å². The SMILES string of the molecule is CCCCn1c(O)c(C=C/C=C2\C(=O)N(c3c(Cl)cc(Cl)cc3Cl)N=C2C(=O)OCC)c(C)c(C#N)c1=O. The van der Waals surface area contributed by atoms with Crippen LogP contribution in [0.1, 0.15) is 43.4 Å². The van der Waals surface area contributed by atoms with Crippen LogP contribution in [0.3, 0.4) is 0 Å². The number of esters is 1. The van der Waals surface area contributed by atoms with E-state index >= 15 is 0 Å². The first kappa shape index (κ1) is 29.0. The van der Waals surface area contributed by atoms with E-state index in [0.717, 1.165) is 16.0 Å². The fourth-order valence-corrected chi connectivity index (χ4v) is 4.72. The minimum absolute atomic E-state index is 0.0343. The number of hydrazone groups is 1. The first-order valence-electron chi connectivity index (χ1n) is 11.6. The zero-order chi connectivity index (χ0) is 28.1. The van der Waals surface area contributed by atoms with Gasteiger partial charge in [-0.3, -0.25) is 14.2 Å². The highest BCUT2D eigenvalue weighted by molar-refractivity contribution is 6.54. The molecule has 1 N–H and O–H groups in total. The van der Waals surface area contributed by atoms with E-state index in [1.807, 2.05) is 13.0 Å². The highest BCUT2D eigenvalue weighted by atomic mass is 35.5. The second-order valence-corrected chi connectivity index (χ2v) is 9.35. The lowest BCUT2D eigenvalue weighted by Gasteiger charge is -2.15. The molecule has 38 heavy (non-hydrogen) atoms. The lowest BCUT2D eigenvalue weighted by Crippen LogP contribution is -2.25. The van der Waals surface area contributed by atoms with Gasteiger partial charge in [-0.15, -0.1) is 0 Å². The molecule has 2 aromatic rings. The Morgan fingerprint density at radius 3 is 2.45 bits per heavy atom. The molecule has 198 valence electrons. The number of ether oxygens (including phenoxy) is 1. The maximum absolute atomic E-state index is 13.3. The smallest absolute Gasteiger partial charge is 0.359 e. The molecule has 1 aliphatic rings. The van der Waals surface area contributed by atoms with Gasteiger partial charge in [0.05, 0.1) is 22.2 Å². The van der Waals surface area contributed by atoms with Crippen molar-refractivity contribution in [3.8, 4) is 11.9 Å². The summed E-state index contributed by atoms with van der Waals surface area (Å²) >= 11 is 18.5. The van der Waals surface area contributed by atoms with Crippen molar-refractivity contribution in [1.29, 1.82) is 5.26 Å². The third-order valence-electron chi connectivity index (χ3n) is 5.65. The Morgan fingerprint density at radius 2 is 1.87 bits per heavy atom. The maximum Gasteiger partial charge on any atom is 0.359 e. The molecule has 0 bridgehead atoms. The van der Waals surface area contributed by atoms with E-state index in [4.69, 9.17) is 39.5 Å². The number of carbonyl (C=O) groups excluding carboxylic acids is 2. The van der Waals surface area contributed by atoms with Crippen molar-refractivity contribution in [3.63, 3.8) is 0 Å². The molecule has 0 saturated heterocycles. The first-order valence-corrected chi connectivity index (χ1v) is 12.7. The molecule has 9 nitrogen and oxygen atoms in total. The number of anilines is 1. The summed E-state index contributed by atoms with van der Waals surface area (Å²) in [6.07, 6.45) is 5.53. The predicted molar refractivity (Wildman–Crippen MR) is 147 cm³/mol. The molecule has 0 atom stereocenters. The van der Waals surface area contributed by atoms with E-state index in [-0.39, 0.29) is 67.8 Å². The number of carbonyl (C=O) groups is 2. The highest BCUT2D eigenvalue weighted by Crippen LogP contribution is 2.39. The van der Waals surface area contributed by atoms with Crippen LogP contribution in [-0.2, 0) is 20.9 Å². The average molecular weight is 578 g/mol. The molecule has 3 rings (SSSR count). The van der Waals surface area contributed by atoms with Gasteiger partial charge < -0.3 is 9.84 Å². The molecule has 0 fully saturated rings. The Hall–Kier alpha value is -3.58. The van der Waals surface area contributed by atoms with Gasteiger partial charge in [0.15, 0.2) is 5.71 Å². The summed E-state index contributed by atoms with van der Waals surface area (Å²) in [5.41, 5.74) is -0.566. The largest absolute Gasteiger partial charge is 0.494 e. The summed E-state index contributed by atoms with van der Waals surface area (Å²) in [5, 5.41) is 25.6. The van der Waals surface area contributed by atoms with E-state index in [0.29, 0.717) is 6.42 Å². The molecule has 0 saturated carbocycles. The van der Waals surface area contributed by atoms with Crippen LogP contribution in [0.25, 0.3) is 6.08 Å². The van der Waals surface area contributed by atoms with Gasteiger partial charge in [0, 0.05) is 17.1 Å². The van der Waals surface area contributed by atoms with Crippen molar-refractivity contribution in [2.24, 2.45) is 5.10 Å². The molecule has 0 aliphatic carbocycles. The van der Waals surface area contributed by atoms with Crippen LogP contribution in [0.4, 0.5) is 5.69 Å². The number of halogens is 3. The van der Waals surface area contributed by atoms with E-state index in [2.05, 4.69) is 5.10 Å². The number of nitriles is 1. The zero-order valence-electron chi connectivity index (χ0n) is 20.7. The van der Waals surface area contributed by atoms with Gasteiger partial charge >= 0.3 is 5.97 Å². The second-order valence-electron chi connectivity index (χ2n) is 8.10. The van der Waals surface area contributed by atoms with Crippen molar-refractivity contribution in [1.82, 2.24) is 4.57 Å². The number of rotatable bonds is 8. The summed E-state index contributed by atoms with van der Waals surface area (Å²) in [6.45, 7) is 5.35. The number of hydrogen-bond acceptors (Lipinski definition) is 7. The molecule has 0 radical (unpaired) electrons. The summed E-state index contributed by atoms with van der Waals surface area (Å²) in [4.78, 5) is 38.6. The Bertz CT molecular complexity index is 1480. The molecule has 2 heterocycles. The van der Waals surface area contributed by atoms with Gasteiger partial charge in [0.25, 0.3) is 11.5 Å². The Kier molecular flexibility index (Phi) is 9.39. The molecular formula is C26H23Cl3N4O5. The topological polar surface area (TPSA) is 125 Å². The van der Waals surface area contributed by atoms with Gasteiger partial charge in [0.1, 0.15) is 17.3 Å². The molecule has 12 heteroatoms. The molecule has 1 aromatic heterocycles. The Morgan fingerprint density at radius 1 is 1.21 bits per heavy atom. The number of benzene rings is 1. The van der Waals surface area contributed by atoms with Crippen molar-refractivity contribution in [3.05, 3.63) is 72.0 Å². The summed E-state index contributed by atoms with van der Waals surface area (Å²) in [7, 11) is 0. The van der Waals surface area contributed by atoms with Gasteiger partial charge in [0.2, 0.25) is 5.88 Å². The highest BCUT2D eigenvalue weighted by Gasteiger charge is 2.37. The van der Waals surface area contributed by atoms with Crippen LogP contribution in [0, 0.1) is 18.3 Å². The van der Waals surface area contributed by atoms with Crippen molar-refractivity contribution in [2.75, 3.05) is 11.6 Å².